The Balaban J connectivity index is 1.23. The second-order valence-electron chi connectivity index (χ2n) is 7.38. The summed E-state index contributed by atoms with van der Waals surface area (Å²) < 4.78 is 0. The summed E-state index contributed by atoms with van der Waals surface area (Å²) in [5.41, 5.74) is 1.63. The Labute approximate surface area is 168 Å². The van der Waals surface area contributed by atoms with Gasteiger partial charge in [-0.15, -0.1) is 0 Å². The number of fused-ring (bicyclic) bond motifs is 1. The van der Waals surface area contributed by atoms with E-state index in [1.165, 1.54) is 0 Å². The van der Waals surface area contributed by atoms with Crippen LogP contribution in [-0.4, -0.2) is 63.2 Å². The molecule has 8 nitrogen and oxygen atoms in total. The van der Waals surface area contributed by atoms with E-state index in [1.807, 2.05) is 18.2 Å². The quantitative estimate of drug-likeness (QED) is 0.783. The molecule has 0 spiro atoms. The fourth-order valence-electron chi connectivity index (χ4n) is 3.79. The zero-order valence-electron chi connectivity index (χ0n) is 16.1. The summed E-state index contributed by atoms with van der Waals surface area (Å²) in [6.45, 7) is 1.60. The van der Waals surface area contributed by atoms with Crippen LogP contribution in [0.15, 0.2) is 42.7 Å². The average molecular weight is 393 g/mol. The molecule has 8 heteroatoms. The molecule has 150 valence electrons. The van der Waals surface area contributed by atoms with Gasteiger partial charge in [0, 0.05) is 56.5 Å². The Morgan fingerprint density at radius 3 is 2.72 bits per heavy atom. The van der Waals surface area contributed by atoms with Gasteiger partial charge in [-0.05, 0) is 24.1 Å². The lowest BCUT2D eigenvalue weighted by molar-refractivity contribution is -0.131. The number of amides is 3. The van der Waals surface area contributed by atoms with E-state index in [9.17, 15) is 14.4 Å². The summed E-state index contributed by atoms with van der Waals surface area (Å²) in [6, 6.07) is 9.12. The number of hydrogen-bond donors (Lipinski definition) is 1. The van der Waals surface area contributed by atoms with E-state index in [0.717, 1.165) is 5.56 Å². The summed E-state index contributed by atoms with van der Waals surface area (Å²) in [6.07, 6.45) is 4.83. The monoisotopic (exact) mass is 393 g/mol. The fourth-order valence-corrected chi connectivity index (χ4v) is 3.79. The predicted octanol–water partition coefficient (Wildman–Crippen LogP) is 0.782. The highest BCUT2D eigenvalue weighted by atomic mass is 16.2. The van der Waals surface area contributed by atoms with Crippen molar-refractivity contribution < 1.29 is 14.4 Å². The van der Waals surface area contributed by atoms with Crippen molar-refractivity contribution in [3.63, 3.8) is 0 Å². The molecule has 0 aliphatic carbocycles. The van der Waals surface area contributed by atoms with Crippen LogP contribution in [0, 0.1) is 0 Å². The third-order valence-electron chi connectivity index (χ3n) is 5.32. The number of carbonyl (C=O) groups excluding carboxylic acids is 3. The Bertz CT molecular complexity index is 918. The van der Waals surface area contributed by atoms with Crippen LogP contribution in [0.1, 0.15) is 34.6 Å². The smallest absolute Gasteiger partial charge is 0.254 e. The van der Waals surface area contributed by atoms with E-state index in [4.69, 9.17) is 0 Å². The molecule has 1 saturated heterocycles. The molecule has 2 aromatic rings. The number of likely N-dealkylation sites (tertiary alicyclic amines) is 1. The average Bonchev–Trinajstić information content (AvgIpc) is 3.32. The summed E-state index contributed by atoms with van der Waals surface area (Å²) in [7, 11) is 0. The first kappa shape index (κ1) is 19.0. The number of aryl methyl sites for hydroxylation is 1. The van der Waals surface area contributed by atoms with Crippen LogP contribution in [0.4, 0.5) is 0 Å². The topological polar surface area (TPSA) is 95.5 Å². The third-order valence-corrected chi connectivity index (χ3v) is 5.32. The van der Waals surface area contributed by atoms with E-state index >= 15 is 0 Å². The van der Waals surface area contributed by atoms with E-state index in [2.05, 4.69) is 15.3 Å². The van der Waals surface area contributed by atoms with Crippen molar-refractivity contribution in [3.8, 4) is 0 Å². The van der Waals surface area contributed by atoms with Crippen LogP contribution in [0.5, 0.6) is 0 Å². The lowest BCUT2D eigenvalue weighted by Crippen LogP contribution is -2.42. The zero-order valence-corrected chi connectivity index (χ0v) is 16.1. The molecule has 1 N–H and O–H groups in total. The number of benzene rings is 1. The van der Waals surface area contributed by atoms with Crippen LogP contribution in [0.2, 0.25) is 0 Å². The second kappa shape index (κ2) is 8.38. The Morgan fingerprint density at radius 2 is 1.93 bits per heavy atom. The molecule has 4 rings (SSSR count). The van der Waals surface area contributed by atoms with Crippen molar-refractivity contribution in [2.45, 2.75) is 31.8 Å². The molecule has 0 bridgehead atoms. The van der Waals surface area contributed by atoms with Gasteiger partial charge >= 0.3 is 0 Å². The first-order valence-corrected chi connectivity index (χ1v) is 9.80. The molecule has 0 radical (unpaired) electrons. The molecular formula is C21H23N5O3. The number of carbonyl (C=O) groups is 3. The molecule has 1 aromatic carbocycles. The normalized spacial score (nSPS) is 18.1. The van der Waals surface area contributed by atoms with E-state index in [1.54, 1.807) is 34.3 Å². The highest BCUT2D eigenvalue weighted by Crippen LogP contribution is 2.22. The fraction of sp³-hybridized carbons (Fsp3) is 0.381. The van der Waals surface area contributed by atoms with Crippen molar-refractivity contribution in [2.75, 3.05) is 19.6 Å². The molecule has 1 unspecified atom stereocenters. The highest BCUT2D eigenvalue weighted by Gasteiger charge is 2.32. The van der Waals surface area contributed by atoms with Gasteiger partial charge in [0.2, 0.25) is 11.8 Å². The Morgan fingerprint density at radius 1 is 1.14 bits per heavy atom. The molecule has 29 heavy (non-hydrogen) atoms. The molecule has 3 amide bonds. The lowest BCUT2D eigenvalue weighted by Gasteiger charge is -2.21. The van der Waals surface area contributed by atoms with Crippen molar-refractivity contribution in [2.24, 2.45) is 0 Å². The summed E-state index contributed by atoms with van der Waals surface area (Å²) >= 11 is 0. The standard InChI is InChI=1S/C21H23N5O3/c27-19(7-6-18-22-9-3-10-23-18)24-16-8-11-25(13-16)20(28)14-26-12-15-4-1-2-5-17(15)21(26)29/h1-5,9-10,16H,6-8,11-14H2,(H,24,27). The zero-order chi connectivity index (χ0) is 20.2. The molecule has 2 aliphatic rings. The van der Waals surface area contributed by atoms with Gasteiger partial charge in [0.05, 0.1) is 0 Å². The van der Waals surface area contributed by atoms with Gasteiger partial charge < -0.3 is 15.1 Å². The van der Waals surface area contributed by atoms with Gasteiger partial charge in [0.1, 0.15) is 12.4 Å². The van der Waals surface area contributed by atoms with Crippen LogP contribution < -0.4 is 5.32 Å². The van der Waals surface area contributed by atoms with Crippen LogP contribution in [0.25, 0.3) is 0 Å². The van der Waals surface area contributed by atoms with Gasteiger partial charge in [-0.3, -0.25) is 14.4 Å². The Hall–Kier alpha value is -3.29. The van der Waals surface area contributed by atoms with E-state index in [0.29, 0.717) is 50.3 Å². The number of nitrogens with one attached hydrogen (secondary N) is 1. The van der Waals surface area contributed by atoms with E-state index < -0.39 is 0 Å². The van der Waals surface area contributed by atoms with Crippen molar-refractivity contribution in [1.82, 2.24) is 25.1 Å². The number of nitrogens with zero attached hydrogens (tertiary/aromatic N) is 4. The largest absolute Gasteiger partial charge is 0.352 e. The summed E-state index contributed by atoms with van der Waals surface area (Å²) in [5, 5.41) is 2.98. The van der Waals surface area contributed by atoms with Gasteiger partial charge in [0.25, 0.3) is 5.91 Å². The summed E-state index contributed by atoms with van der Waals surface area (Å²) in [5.74, 6) is 0.394. The third kappa shape index (κ3) is 4.42. The maximum absolute atomic E-state index is 12.6. The molecular weight excluding hydrogens is 370 g/mol. The maximum atomic E-state index is 12.6. The number of aromatic nitrogens is 2. The first-order valence-electron chi connectivity index (χ1n) is 9.80. The molecule has 1 fully saturated rings. The van der Waals surface area contributed by atoms with E-state index in [-0.39, 0.29) is 30.3 Å². The van der Waals surface area contributed by atoms with Crippen molar-refractivity contribution in [3.05, 3.63) is 59.7 Å². The minimum absolute atomic E-state index is 0.0605. The van der Waals surface area contributed by atoms with Gasteiger partial charge in [0.15, 0.2) is 0 Å². The highest BCUT2D eigenvalue weighted by molar-refractivity contribution is 6.00. The minimum Gasteiger partial charge on any atom is -0.352 e. The second-order valence-corrected chi connectivity index (χ2v) is 7.38. The SMILES string of the molecule is O=C(CCc1ncccn1)NC1CCN(C(=O)CN2Cc3ccccc3C2=O)C1. The predicted molar refractivity (Wildman–Crippen MR) is 105 cm³/mol. The summed E-state index contributed by atoms with van der Waals surface area (Å²) in [4.78, 5) is 48.8. The number of hydrogen-bond acceptors (Lipinski definition) is 5. The molecule has 1 atom stereocenters. The van der Waals surface area contributed by atoms with Crippen molar-refractivity contribution in [1.29, 1.82) is 0 Å². The van der Waals surface area contributed by atoms with Crippen molar-refractivity contribution >= 4 is 17.7 Å². The molecule has 3 heterocycles. The van der Waals surface area contributed by atoms with Gasteiger partial charge in [-0.1, -0.05) is 18.2 Å². The van der Waals surface area contributed by atoms with Crippen LogP contribution >= 0.6 is 0 Å². The minimum atomic E-state index is -0.0962. The van der Waals surface area contributed by atoms with Crippen LogP contribution in [-0.2, 0) is 22.6 Å². The molecule has 2 aliphatic heterocycles. The first-order chi connectivity index (χ1) is 14.1. The molecule has 1 aromatic heterocycles. The van der Waals surface area contributed by atoms with Gasteiger partial charge in [-0.2, -0.15) is 0 Å². The lowest BCUT2D eigenvalue weighted by atomic mass is 10.1. The maximum Gasteiger partial charge on any atom is 0.254 e. The Kier molecular flexibility index (Phi) is 5.50. The number of rotatable bonds is 6. The van der Waals surface area contributed by atoms with Gasteiger partial charge in [-0.25, -0.2) is 9.97 Å². The van der Waals surface area contributed by atoms with Crippen LogP contribution in [0.3, 0.4) is 0 Å². The molecule has 0 saturated carbocycles.